The molecule has 0 aliphatic carbocycles. The first-order valence-electron chi connectivity index (χ1n) is 6.10. The van der Waals surface area contributed by atoms with Gasteiger partial charge in [0.1, 0.15) is 6.67 Å². The van der Waals surface area contributed by atoms with Gasteiger partial charge in [-0.15, -0.1) is 0 Å². The number of benzene rings is 1. The van der Waals surface area contributed by atoms with Crippen LogP contribution in [0.2, 0.25) is 0 Å². The maximum absolute atomic E-state index is 12.3. The highest BCUT2D eigenvalue weighted by Gasteiger charge is 2.10. The van der Waals surface area contributed by atoms with Crippen molar-refractivity contribution in [1.29, 1.82) is 0 Å². The van der Waals surface area contributed by atoms with E-state index in [1.165, 1.54) is 6.33 Å². The standard InChI is InChI=1S/C13H13N5O2/c1-17-7-15-11-10(17)12(19)18(13(20)16-11)8-14-9-5-3-2-4-6-9/h2-7,14H,8H2,1H3,(H,16,20). The Hall–Kier alpha value is -2.83. The maximum Gasteiger partial charge on any atom is 0.331 e. The largest absolute Gasteiger partial charge is 0.367 e. The zero-order valence-electron chi connectivity index (χ0n) is 10.8. The van der Waals surface area contributed by atoms with Gasteiger partial charge < -0.3 is 9.88 Å². The topological polar surface area (TPSA) is 84.7 Å². The Balaban J connectivity index is 2.01. The number of fused-ring (bicyclic) bond motifs is 1. The summed E-state index contributed by atoms with van der Waals surface area (Å²) in [6.07, 6.45) is 1.50. The lowest BCUT2D eigenvalue weighted by Gasteiger charge is -2.08. The molecule has 0 bridgehead atoms. The SMILES string of the molecule is Cn1cnc2[nH]c(=O)n(CNc3ccccc3)c(=O)c21. The van der Waals surface area contributed by atoms with Crippen molar-refractivity contribution < 1.29 is 0 Å². The molecule has 2 aromatic heterocycles. The molecule has 102 valence electrons. The van der Waals surface area contributed by atoms with Crippen LogP contribution in [0.5, 0.6) is 0 Å². The lowest BCUT2D eigenvalue weighted by molar-refractivity contribution is 0.689. The summed E-state index contributed by atoms with van der Waals surface area (Å²) in [5, 5.41) is 3.03. The molecule has 3 aromatic rings. The number of imidazole rings is 1. The van der Waals surface area contributed by atoms with Crippen LogP contribution in [0.4, 0.5) is 5.69 Å². The van der Waals surface area contributed by atoms with Gasteiger partial charge in [-0.3, -0.25) is 9.78 Å². The molecule has 3 rings (SSSR count). The van der Waals surface area contributed by atoms with Gasteiger partial charge in [0, 0.05) is 12.7 Å². The molecule has 7 heteroatoms. The van der Waals surface area contributed by atoms with Crippen LogP contribution in [0.3, 0.4) is 0 Å². The minimum atomic E-state index is -0.482. The minimum Gasteiger partial charge on any atom is -0.367 e. The molecule has 2 heterocycles. The van der Waals surface area contributed by atoms with Crippen LogP contribution < -0.4 is 16.6 Å². The molecule has 0 saturated carbocycles. The summed E-state index contributed by atoms with van der Waals surface area (Å²) in [6, 6.07) is 9.37. The normalized spacial score (nSPS) is 10.8. The van der Waals surface area contributed by atoms with Crippen LogP contribution in [0, 0.1) is 0 Å². The number of aromatic amines is 1. The average Bonchev–Trinajstić information content (AvgIpc) is 2.81. The molecule has 1 aromatic carbocycles. The molecule has 0 aliphatic heterocycles. The number of aromatic nitrogens is 4. The van der Waals surface area contributed by atoms with Crippen molar-refractivity contribution in [2.75, 3.05) is 5.32 Å². The fourth-order valence-electron chi connectivity index (χ4n) is 2.03. The summed E-state index contributed by atoms with van der Waals surface area (Å²) in [7, 11) is 1.71. The highest BCUT2D eigenvalue weighted by molar-refractivity contribution is 5.68. The van der Waals surface area contributed by atoms with E-state index < -0.39 is 5.69 Å². The molecule has 0 saturated heterocycles. The molecule has 2 N–H and O–H groups in total. The summed E-state index contributed by atoms with van der Waals surface area (Å²) < 4.78 is 2.70. The van der Waals surface area contributed by atoms with E-state index in [4.69, 9.17) is 0 Å². The molecule has 20 heavy (non-hydrogen) atoms. The molecule has 0 radical (unpaired) electrons. The summed E-state index contributed by atoms with van der Waals surface area (Å²) in [5.74, 6) is 0. The number of anilines is 1. The summed E-state index contributed by atoms with van der Waals surface area (Å²) in [5.41, 5.74) is 0.665. The molecular weight excluding hydrogens is 258 g/mol. The summed E-state index contributed by atoms with van der Waals surface area (Å²) in [4.78, 5) is 30.8. The molecule has 0 atom stereocenters. The highest BCUT2D eigenvalue weighted by atomic mass is 16.2. The second-order valence-corrected chi connectivity index (χ2v) is 4.42. The Morgan fingerprint density at radius 2 is 2.00 bits per heavy atom. The maximum atomic E-state index is 12.3. The van der Waals surface area contributed by atoms with Crippen LogP contribution in [0.1, 0.15) is 0 Å². The lowest BCUT2D eigenvalue weighted by Crippen LogP contribution is -2.37. The van der Waals surface area contributed by atoms with E-state index in [0.29, 0.717) is 11.2 Å². The van der Waals surface area contributed by atoms with Crippen molar-refractivity contribution in [2.45, 2.75) is 6.67 Å². The highest BCUT2D eigenvalue weighted by Crippen LogP contribution is 2.05. The molecule has 0 amide bonds. The summed E-state index contributed by atoms with van der Waals surface area (Å²) >= 11 is 0. The van der Waals surface area contributed by atoms with E-state index in [1.807, 2.05) is 30.3 Å². The molecule has 7 nitrogen and oxygen atoms in total. The smallest absolute Gasteiger partial charge is 0.331 e. The van der Waals surface area contributed by atoms with E-state index in [2.05, 4.69) is 15.3 Å². The van der Waals surface area contributed by atoms with Gasteiger partial charge in [0.15, 0.2) is 11.2 Å². The van der Waals surface area contributed by atoms with Crippen molar-refractivity contribution >= 4 is 16.9 Å². The van der Waals surface area contributed by atoms with Crippen molar-refractivity contribution in [3.05, 3.63) is 57.5 Å². The second kappa shape index (κ2) is 4.69. The van der Waals surface area contributed by atoms with Gasteiger partial charge in [-0.25, -0.2) is 14.3 Å². The molecule has 0 spiro atoms. The van der Waals surface area contributed by atoms with Crippen LogP contribution >= 0.6 is 0 Å². The van der Waals surface area contributed by atoms with E-state index in [-0.39, 0.29) is 12.2 Å². The third-order valence-corrected chi connectivity index (χ3v) is 3.07. The monoisotopic (exact) mass is 271 g/mol. The van der Waals surface area contributed by atoms with Crippen molar-refractivity contribution in [3.8, 4) is 0 Å². The molecule has 0 aliphatic rings. The third-order valence-electron chi connectivity index (χ3n) is 3.07. The second-order valence-electron chi connectivity index (χ2n) is 4.42. The molecule has 0 unspecified atom stereocenters. The number of hydrogen-bond donors (Lipinski definition) is 2. The van der Waals surface area contributed by atoms with Gasteiger partial charge in [0.25, 0.3) is 5.56 Å². The molecule has 0 fully saturated rings. The van der Waals surface area contributed by atoms with E-state index in [9.17, 15) is 9.59 Å². The minimum absolute atomic E-state index is 0.0965. The number of rotatable bonds is 3. The third kappa shape index (κ3) is 1.99. The van der Waals surface area contributed by atoms with Crippen LogP contribution in [-0.2, 0) is 13.7 Å². The quantitative estimate of drug-likeness (QED) is 0.726. The van der Waals surface area contributed by atoms with Crippen LogP contribution in [0.15, 0.2) is 46.2 Å². The van der Waals surface area contributed by atoms with Crippen LogP contribution in [0.25, 0.3) is 11.2 Å². The Kier molecular flexibility index (Phi) is 2.86. The van der Waals surface area contributed by atoms with Crippen molar-refractivity contribution in [3.63, 3.8) is 0 Å². The van der Waals surface area contributed by atoms with Crippen LogP contribution in [-0.4, -0.2) is 19.1 Å². The Morgan fingerprint density at radius 1 is 1.25 bits per heavy atom. The van der Waals surface area contributed by atoms with Gasteiger partial charge >= 0.3 is 5.69 Å². The van der Waals surface area contributed by atoms with E-state index >= 15 is 0 Å². The van der Waals surface area contributed by atoms with Gasteiger partial charge in [-0.1, -0.05) is 18.2 Å². The van der Waals surface area contributed by atoms with Gasteiger partial charge in [-0.05, 0) is 12.1 Å². The fourth-order valence-corrected chi connectivity index (χ4v) is 2.03. The summed E-state index contributed by atoms with van der Waals surface area (Å²) in [6.45, 7) is 0.0965. The average molecular weight is 271 g/mol. The predicted molar refractivity (Wildman–Crippen MR) is 75.7 cm³/mol. The lowest BCUT2D eigenvalue weighted by atomic mass is 10.3. The predicted octanol–water partition coefficient (Wildman–Crippen LogP) is 0.493. The van der Waals surface area contributed by atoms with Gasteiger partial charge in [0.05, 0.1) is 6.33 Å². The Bertz CT molecular complexity index is 860. The zero-order chi connectivity index (χ0) is 14.1. The number of aryl methyl sites for hydroxylation is 1. The number of H-pyrrole nitrogens is 1. The van der Waals surface area contributed by atoms with E-state index in [1.54, 1.807) is 11.6 Å². The van der Waals surface area contributed by atoms with Gasteiger partial charge in [0.2, 0.25) is 0 Å². The first-order valence-corrected chi connectivity index (χ1v) is 6.10. The zero-order valence-corrected chi connectivity index (χ0v) is 10.8. The number of nitrogens with zero attached hydrogens (tertiary/aromatic N) is 3. The van der Waals surface area contributed by atoms with E-state index in [0.717, 1.165) is 10.3 Å². The number of hydrogen-bond acceptors (Lipinski definition) is 4. The first-order chi connectivity index (χ1) is 9.66. The Morgan fingerprint density at radius 3 is 2.75 bits per heavy atom. The fraction of sp³-hybridized carbons (Fsp3) is 0.154. The Labute approximate surface area is 113 Å². The first kappa shape index (κ1) is 12.2. The number of nitrogens with one attached hydrogen (secondary N) is 2. The molecular formula is C13H13N5O2. The van der Waals surface area contributed by atoms with Crippen molar-refractivity contribution in [2.24, 2.45) is 7.05 Å². The van der Waals surface area contributed by atoms with Crippen molar-refractivity contribution in [1.82, 2.24) is 19.1 Å². The van der Waals surface area contributed by atoms with Gasteiger partial charge in [-0.2, -0.15) is 0 Å². The number of para-hydroxylation sites is 1.